The first-order valence-corrected chi connectivity index (χ1v) is 4.90. The second kappa shape index (κ2) is 3.64. The highest BCUT2D eigenvalue weighted by molar-refractivity contribution is 5.76. The third-order valence-electron chi connectivity index (χ3n) is 2.82. The molecule has 1 aliphatic carbocycles. The number of rotatable bonds is 2. The van der Waals surface area contributed by atoms with Gasteiger partial charge in [-0.05, 0) is 19.8 Å². The average molecular weight is 185 g/mol. The van der Waals surface area contributed by atoms with Crippen LogP contribution in [0.4, 0.5) is 0 Å². The topological polar surface area (TPSA) is 47.6 Å². The van der Waals surface area contributed by atoms with Crippen molar-refractivity contribution >= 4 is 5.97 Å². The summed E-state index contributed by atoms with van der Waals surface area (Å²) in [6, 6.07) is -0.229. The molecule has 0 bridgehead atoms. The quantitative estimate of drug-likeness (QED) is 0.641. The molecule has 2 rings (SSSR count). The first-order chi connectivity index (χ1) is 6.33. The summed E-state index contributed by atoms with van der Waals surface area (Å²) >= 11 is 0. The number of hydrogen-bond acceptors (Lipinski definition) is 4. The molecule has 2 fully saturated rings. The smallest absolute Gasteiger partial charge is 0.325 e. The van der Waals surface area contributed by atoms with Crippen molar-refractivity contribution in [3.63, 3.8) is 0 Å². The third kappa shape index (κ3) is 1.56. The Bertz CT molecular complexity index is 207. The lowest BCUT2D eigenvalue weighted by molar-refractivity contribution is -0.147. The van der Waals surface area contributed by atoms with E-state index in [1.807, 2.05) is 6.92 Å². The summed E-state index contributed by atoms with van der Waals surface area (Å²) in [7, 11) is 0. The maximum Gasteiger partial charge on any atom is 0.325 e. The Balaban J connectivity index is 1.96. The molecule has 4 heteroatoms. The molecule has 3 unspecified atom stereocenters. The zero-order chi connectivity index (χ0) is 9.26. The second-order valence-corrected chi connectivity index (χ2v) is 3.60. The van der Waals surface area contributed by atoms with Crippen molar-refractivity contribution in [3.05, 3.63) is 0 Å². The minimum Gasteiger partial charge on any atom is -0.465 e. The van der Waals surface area contributed by atoms with Crippen molar-refractivity contribution in [2.75, 3.05) is 6.61 Å². The van der Waals surface area contributed by atoms with Crippen LogP contribution in [0.3, 0.4) is 0 Å². The van der Waals surface area contributed by atoms with Crippen LogP contribution in [0.15, 0.2) is 0 Å². The van der Waals surface area contributed by atoms with Gasteiger partial charge in [0.1, 0.15) is 6.04 Å². The van der Waals surface area contributed by atoms with E-state index in [-0.39, 0.29) is 18.1 Å². The largest absolute Gasteiger partial charge is 0.465 e. The van der Waals surface area contributed by atoms with E-state index in [0.29, 0.717) is 12.5 Å². The predicted molar refractivity (Wildman–Crippen MR) is 45.8 cm³/mol. The van der Waals surface area contributed by atoms with Crippen molar-refractivity contribution in [1.29, 1.82) is 0 Å². The molecular weight excluding hydrogens is 170 g/mol. The maximum atomic E-state index is 11.4. The monoisotopic (exact) mass is 185 g/mol. The summed E-state index contributed by atoms with van der Waals surface area (Å²) in [5, 5.41) is 0. The van der Waals surface area contributed by atoms with E-state index in [9.17, 15) is 4.79 Å². The van der Waals surface area contributed by atoms with Gasteiger partial charge in [0, 0.05) is 5.92 Å². The van der Waals surface area contributed by atoms with E-state index in [1.54, 1.807) is 0 Å². The van der Waals surface area contributed by atoms with E-state index in [4.69, 9.17) is 9.57 Å². The number of carbonyl (C=O) groups is 1. The van der Waals surface area contributed by atoms with Crippen LogP contribution < -0.4 is 5.48 Å². The average Bonchev–Trinajstić information content (AvgIpc) is 2.62. The van der Waals surface area contributed by atoms with Gasteiger partial charge in [0.25, 0.3) is 0 Å². The van der Waals surface area contributed by atoms with Gasteiger partial charge in [-0.15, -0.1) is 0 Å². The molecule has 4 nitrogen and oxygen atoms in total. The van der Waals surface area contributed by atoms with Crippen LogP contribution in [0.1, 0.15) is 26.2 Å². The fraction of sp³-hybridized carbons (Fsp3) is 0.889. The molecule has 1 saturated heterocycles. The third-order valence-corrected chi connectivity index (χ3v) is 2.82. The molecule has 1 saturated carbocycles. The summed E-state index contributed by atoms with van der Waals surface area (Å²) in [6.45, 7) is 2.26. The van der Waals surface area contributed by atoms with E-state index >= 15 is 0 Å². The molecule has 1 aliphatic heterocycles. The first-order valence-electron chi connectivity index (χ1n) is 4.90. The zero-order valence-corrected chi connectivity index (χ0v) is 7.79. The number of esters is 1. The normalized spacial score (nSPS) is 37.5. The fourth-order valence-electron chi connectivity index (χ4n) is 2.19. The highest BCUT2D eigenvalue weighted by Crippen LogP contribution is 2.34. The van der Waals surface area contributed by atoms with Crippen LogP contribution in [-0.4, -0.2) is 24.7 Å². The molecule has 1 N–H and O–H groups in total. The van der Waals surface area contributed by atoms with E-state index < -0.39 is 0 Å². The lowest BCUT2D eigenvalue weighted by Gasteiger charge is -2.13. The maximum absolute atomic E-state index is 11.4. The van der Waals surface area contributed by atoms with Gasteiger partial charge < -0.3 is 4.74 Å². The van der Waals surface area contributed by atoms with Gasteiger partial charge >= 0.3 is 5.97 Å². The lowest BCUT2D eigenvalue weighted by Crippen LogP contribution is -2.36. The van der Waals surface area contributed by atoms with Gasteiger partial charge in [0.05, 0.1) is 12.7 Å². The van der Waals surface area contributed by atoms with Crippen molar-refractivity contribution in [2.24, 2.45) is 5.92 Å². The summed E-state index contributed by atoms with van der Waals surface area (Å²) in [6.07, 6.45) is 3.52. The Hall–Kier alpha value is -0.610. The molecule has 3 atom stereocenters. The molecule has 0 radical (unpaired) electrons. The van der Waals surface area contributed by atoms with E-state index in [1.165, 1.54) is 0 Å². The number of hydroxylamine groups is 1. The summed E-state index contributed by atoms with van der Waals surface area (Å²) < 4.78 is 4.95. The number of fused-ring (bicyclic) bond motifs is 1. The number of ether oxygens (including phenoxy) is 1. The van der Waals surface area contributed by atoms with Crippen molar-refractivity contribution in [3.8, 4) is 0 Å². The fourth-order valence-corrected chi connectivity index (χ4v) is 2.19. The van der Waals surface area contributed by atoms with Crippen LogP contribution in [0.5, 0.6) is 0 Å². The molecule has 13 heavy (non-hydrogen) atoms. The summed E-state index contributed by atoms with van der Waals surface area (Å²) in [4.78, 5) is 16.7. The molecule has 0 aromatic rings. The van der Waals surface area contributed by atoms with E-state index in [0.717, 1.165) is 19.3 Å². The van der Waals surface area contributed by atoms with Gasteiger partial charge in [-0.3, -0.25) is 9.63 Å². The second-order valence-electron chi connectivity index (χ2n) is 3.60. The van der Waals surface area contributed by atoms with Gasteiger partial charge in [-0.1, -0.05) is 6.42 Å². The SMILES string of the molecule is CCOC(=O)C1NOC2CCCC21. The molecular formula is C9H15NO3. The van der Waals surface area contributed by atoms with Crippen LogP contribution in [0.25, 0.3) is 0 Å². The first kappa shape index (κ1) is 8.97. The van der Waals surface area contributed by atoms with Crippen LogP contribution in [-0.2, 0) is 14.4 Å². The Morgan fingerprint density at radius 1 is 1.62 bits per heavy atom. The Morgan fingerprint density at radius 2 is 2.46 bits per heavy atom. The Kier molecular flexibility index (Phi) is 2.51. The molecule has 74 valence electrons. The molecule has 0 aromatic heterocycles. The molecule has 1 heterocycles. The lowest BCUT2D eigenvalue weighted by atomic mass is 9.98. The standard InChI is InChI=1S/C9H15NO3/c1-2-12-9(11)8-6-4-3-5-7(6)13-10-8/h6-8,10H,2-5H2,1H3. The highest BCUT2D eigenvalue weighted by atomic mass is 16.7. The van der Waals surface area contributed by atoms with E-state index in [2.05, 4.69) is 5.48 Å². The summed E-state index contributed by atoms with van der Waals surface area (Å²) in [5.74, 6) is 0.163. The number of hydrogen-bond donors (Lipinski definition) is 1. The van der Waals surface area contributed by atoms with Gasteiger partial charge in [0.15, 0.2) is 0 Å². The minimum absolute atomic E-state index is 0.170. The predicted octanol–water partition coefficient (Wildman–Crippen LogP) is 0.622. The van der Waals surface area contributed by atoms with Gasteiger partial charge in [0.2, 0.25) is 0 Å². The minimum atomic E-state index is -0.229. The number of nitrogens with one attached hydrogen (secondary N) is 1. The van der Waals surface area contributed by atoms with Crippen LogP contribution in [0, 0.1) is 5.92 Å². The van der Waals surface area contributed by atoms with Crippen molar-refractivity contribution in [1.82, 2.24) is 5.48 Å². The van der Waals surface area contributed by atoms with Crippen molar-refractivity contribution < 1.29 is 14.4 Å². The van der Waals surface area contributed by atoms with Crippen LogP contribution in [0.2, 0.25) is 0 Å². The van der Waals surface area contributed by atoms with Gasteiger partial charge in [-0.25, -0.2) is 0 Å². The Morgan fingerprint density at radius 3 is 3.23 bits per heavy atom. The number of carbonyl (C=O) groups excluding carboxylic acids is 1. The highest BCUT2D eigenvalue weighted by Gasteiger charge is 2.44. The van der Waals surface area contributed by atoms with Crippen molar-refractivity contribution in [2.45, 2.75) is 38.3 Å². The Labute approximate surface area is 77.5 Å². The molecule has 2 aliphatic rings. The zero-order valence-electron chi connectivity index (χ0n) is 7.79. The van der Waals surface area contributed by atoms with Gasteiger partial charge in [-0.2, -0.15) is 5.48 Å². The summed E-state index contributed by atoms with van der Waals surface area (Å²) in [5.41, 5.74) is 2.77. The molecule has 0 amide bonds. The molecule has 0 spiro atoms. The molecule has 0 aromatic carbocycles. The van der Waals surface area contributed by atoms with Crippen LogP contribution >= 0.6 is 0 Å².